The van der Waals surface area contributed by atoms with Crippen molar-refractivity contribution in [3.63, 3.8) is 0 Å². The minimum absolute atomic E-state index is 0.335. The van der Waals surface area contributed by atoms with E-state index < -0.39 is 39.0 Å². The predicted molar refractivity (Wildman–Crippen MR) is 93.6 cm³/mol. The molecule has 0 aliphatic carbocycles. The van der Waals surface area contributed by atoms with Crippen LogP contribution in [0.25, 0.3) is 11.0 Å². The van der Waals surface area contributed by atoms with Gasteiger partial charge in [0.05, 0.1) is 17.6 Å². The minimum Gasteiger partial charge on any atom is -0.308 e. The van der Waals surface area contributed by atoms with Crippen LogP contribution in [0.5, 0.6) is 0 Å². The summed E-state index contributed by atoms with van der Waals surface area (Å²) >= 11 is 0. The standard InChI is InChI=1S/C17H14F2N4O3S/c18-11-4-3-5-12(19)16(11)27(25,26)20-10-15(24)23-9-8-22-14-7-2-1-6-13(14)21-17(22)23/h1-7,20H,8-10H2. The van der Waals surface area contributed by atoms with Crippen LogP contribution in [0, 0.1) is 11.6 Å². The smallest absolute Gasteiger partial charge is 0.246 e. The van der Waals surface area contributed by atoms with Crippen molar-refractivity contribution in [3.8, 4) is 0 Å². The molecular weight excluding hydrogens is 378 g/mol. The molecule has 0 atom stereocenters. The molecular formula is C17H14F2N4O3S. The average molecular weight is 392 g/mol. The number of hydrogen-bond donors (Lipinski definition) is 1. The Morgan fingerprint density at radius 2 is 1.78 bits per heavy atom. The lowest BCUT2D eigenvalue weighted by molar-refractivity contribution is -0.117. The number of para-hydroxylation sites is 2. The SMILES string of the molecule is O=C(CNS(=O)(=O)c1c(F)cccc1F)N1CCn2c1nc1ccccc12. The van der Waals surface area contributed by atoms with E-state index >= 15 is 0 Å². The Labute approximate surface area is 153 Å². The van der Waals surface area contributed by atoms with Gasteiger partial charge in [-0.2, -0.15) is 0 Å². The van der Waals surface area contributed by atoms with Crippen molar-refractivity contribution in [2.24, 2.45) is 0 Å². The number of fused-ring (bicyclic) bond motifs is 3. The largest absolute Gasteiger partial charge is 0.308 e. The first kappa shape index (κ1) is 17.6. The maximum atomic E-state index is 13.7. The Morgan fingerprint density at radius 1 is 1.07 bits per heavy atom. The highest BCUT2D eigenvalue weighted by Gasteiger charge is 2.30. The monoisotopic (exact) mass is 392 g/mol. The summed E-state index contributed by atoms with van der Waals surface area (Å²) in [5.74, 6) is -2.60. The third-order valence-corrected chi connectivity index (χ3v) is 5.78. The third kappa shape index (κ3) is 2.96. The summed E-state index contributed by atoms with van der Waals surface area (Å²) < 4.78 is 55.7. The van der Waals surface area contributed by atoms with Crippen LogP contribution < -0.4 is 9.62 Å². The molecule has 2 aromatic carbocycles. The van der Waals surface area contributed by atoms with Crippen LogP contribution in [0.1, 0.15) is 0 Å². The van der Waals surface area contributed by atoms with Gasteiger partial charge in [-0.15, -0.1) is 0 Å². The van der Waals surface area contributed by atoms with Crippen molar-refractivity contribution in [2.75, 3.05) is 18.0 Å². The Balaban J connectivity index is 1.55. The third-order valence-electron chi connectivity index (χ3n) is 4.33. The van der Waals surface area contributed by atoms with Crippen molar-refractivity contribution in [1.82, 2.24) is 14.3 Å². The van der Waals surface area contributed by atoms with Gasteiger partial charge >= 0.3 is 0 Å². The fraction of sp³-hybridized carbons (Fsp3) is 0.176. The molecule has 4 rings (SSSR count). The van der Waals surface area contributed by atoms with E-state index in [-0.39, 0.29) is 0 Å². The Bertz CT molecular complexity index is 1140. The van der Waals surface area contributed by atoms with E-state index in [0.717, 1.165) is 29.2 Å². The zero-order chi connectivity index (χ0) is 19.2. The predicted octanol–water partition coefficient (Wildman–Crippen LogP) is 1.64. The lowest BCUT2D eigenvalue weighted by atomic mass is 10.3. The number of imidazole rings is 1. The van der Waals surface area contributed by atoms with Crippen LogP contribution in [0.3, 0.4) is 0 Å². The quantitative estimate of drug-likeness (QED) is 0.732. The lowest BCUT2D eigenvalue weighted by Crippen LogP contribution is -2.40. The molecule has 0 unspecified atom stereocenters. The van der Waals surface area contributed by atoms with Crippen LogP contribution in [-0.2, 0) is 21.4 Å². The highest BCUT2D eigenvalue weighted by atomic mass is 32.2. The highest BCUT2D eigenvalue weighted by molar-refractivity contribution is 7.89. The first-order valence-electron chi connectivity index (χ1n) is 8.08. The van der Waals surface area contributed by atoms with Crippen LogP contribution in [0.15, 0.2) is 47.4 Å². The summed E-state index contributed by atoms with van der Waals surface area (Å²) in [7, 11) is -4.52. The number of halogens is 2. The zero-order valence-corrected chi connectivity index (χ0v) is 14.7. The van der Waals surface area contributed by atoms with Gasteiger partial charge < -0.3 is 4.57 Å². The van der Waals surface area contributed by atoms with Gasteiger partial charge in [-0.25, -0.2) is 26.9 Å². The van der Waals surface area contributed by atoms with E-state index in [1.807, 2.05) is 33.6 Å². The normalized spacial score (nSPS) is 13.9. The second-order valence-corrected chi connectivity index (χ2v) is 7.68. The van der Waals surface area contributed by atoms with E-state index in [2.05, 4.69) is 4.98 Å². The lowest BCUT2D eigenvalue weighted by Gasteiger charge is -2.15. The number of aromatic nitrogens is 2. The van der Waals surface area contributed by atoms with Crippen molar-refractivity contribution >= 4 is 32.9 Å². The molecule has 7 nitrogen and oxygen atoms in total. The average Bonchev–Trinajstić information content (AvgIpc) is 3.18. The van der Waals surface area contributed by atoms with Crippen molar-refractivity contribution < 1.29 is 22.0 Å². The molecule has 10 heteroatoms. The molecule has 1 amide bonds. The fourth-order valence-corrected chi connectivity index (χ4v) is 4.20. The fourth-order valence-electron chi connectivity index (χ4n) is 3.09. The van der Waals surface area contributed by atoms with Gasteiger partial charge in [0.25, 0.3) is 0 Å². The van der Waals surface area contributed by atoms with Crippen molar-refractivity contribution in [3.05, 3.63) is 54.1 Å². The number of benzene rings is 2. The first-order chi connectivity index (χ1) is 12.9. The molecule has 0 bridgehead atoms. The second-order valence-electron chi connectivity index (χ2n) is 5.97. The van der Waals surface area contributed by atoms with E-state index in [0.29, 0.717) is 19.0 Å². The molecule has 3 aromatic rings. The molecule has 0 radical (unpaired) electrons. The van der Waals surface area contributed by atoms with Gasteiger partial charge in [0, 0.05) is 13.1 Å². The number of amides is 1. The number of carbonyl (C=O) groups excluding carboxylic acids is 1. The van der Waals surface area contributed by atoms with E-state index in [1.165, 1.54) is 4.90 Å². The van der Waals surface area contributed by atoms with Crippen LogP contribution in [-0.4, -0.2) is 37.0 Å². The number of nitrogens with zero attached hydrogens (tertiary/aromatic N) is 3. The van der Waals surface area contributed by atoms with Gasteiger partial charge in [0.1, 0.15) is 11.6 Å². The Morgan fingerprint density at radius 3 is 2.52 bits per heavy atom. The molecule has 1 aromatic heterocycles. The summed E-state index contributed by atoms with van der Waals surface area (Å²) in [5.41, 5.74) is 1.59. The van der Waals surface area contributed by atoms with Crippen LogP contribution in [0.4, 0.5) is 14.7 Å². The Kier molecular flexibility index (Phi) is 4.16. The number of carbonyl (C=O) groups is 1. The maximum Gasteiger partial charge on any atom is 0.246 e. The summed E-state index contributed by atoms with van der Waals surface area (Å²) in [4.78, 5) is 17.1. The summed E-state index contributed by atoms with van der Waals surface area (Å²) in [6.45, 7) is 0.220. The van der Waals surface area contributed by atoms with Crippen molar-refractivity contribution in [1.29, 1.82) is 0 Å². The minimum atomic E-state index is -4.52. The first-order valence-corrected chi connectivity index (χ1v) is 9.56. The number of rotatable bonds is 4. The summed E-state index contributed by atoms with van der Waals surface area (Å²) in [5, 5.41) is 0. The van der Waals surface area contributed by atoms with Gasteiger partial charge in [-0.3, -0.25) is 9.69 Å². The number of nitrogens with one attached hydrogen (secondary N) is 1. The highest BCUT2D eigenvalue weighted by Crippen LogP contribution is 2.27. The topological polar surface area (TPSA) is 84.3 Å². The molecule has 1 aliphatic rings. The van der Waals surface area contributed by atoms with Gasteiger partial charge in [-0.1, -0.05) is 18.2 Å². The molecule has 27 heavy (non-hydrogen) atoms. The number of hydrogen-bond acceptors (Lipinski definition) is 4. The summed E-state index contributed by atoms with van der Waals surface area (Å²) in [6.07, 6.45) is 0. The molecule has 0 saturated heterocycles. The second kappa shape index (κ2) is 6.39. The van der Waals surface area contributed by atoms with Gasteiger partial charge in [0.2, 0.25) is 21.9 Å². The number of sulfonamides is 1. The molecule has 1 aliphatic heterocycles. The zero-order valence-electron chi connectivity index (χ0n) is 13.9. The van der Waals surface area contributed by atoms with Gasteiger partial charge in [-0.05, 0) is 24.3 Å². The molecule has 0 spiro atoms. The maximum absolute atomic E-state index is 13.7. The van der Waals surface area contributed by atoms with Crippen molar-refractivity contribution in [2.45, 2.75) is 11.4 Å². The van der Waals surface area contributed by atoms with E-state index in [4.69, 9.17) is 0 Å². The number of anilines is 1. The molecule has 1 N–H and O–H groups in total. The van der Waals surface area contributed by atoms with Gasteiger partial charge in [0.15, 0.2) is 4.90 Å². The van der Waals surface area contributed by atoms with E-state index in [9.17, 15) is 22.0 Å². The van der Waals surface area contributed by atoms with Crippen LogP contribution >= 0.6 is 0 Å². The molecule has 0 fully saturated rings. The molecule has 2 heterocycles. The van der Waals surface area contributed by atoms with Crippen LogP contribution in [0.2, 0.25) is 0 Å². The molecule has 140 valence electrons. The van der Waals surface area contributed by atoms with E-state index in [1.54, 1.807) is 0 Å². The molecule has 0 saturated carbocycles. The summed E-state index contributed by atoms with van der Waals surface area (Å²) in [6, 6.07) is 10.1. The Hall–Kier alpha value is -2.85.